The fourth-order valence-corrected chi connectivity index (χ4v) is 5.85. The molecule has 40 heavy (non-hydrogen) atoms. The molecule has 4 rings (SSSR count). The molecule has 1 saturated carbocycles. The Morgan fingerprint density at radius 1 is 0.975 bits per heavy atom. The molecule has 3 atom stereocenters. The van der Waals surface area contributed by atoms with Crippen LogP contribution in [0.5, 0.6) is 5.75 Å². The molecule has 218 valence electrons. The summed E-state index contributed by atoms with van der Waals surface area (Å²) in [6, 6.07) is 14.8. The number of hydrogen-bond acceptors (Lipinski definition) is 7. The van der Waals surface area contributed by atoms with Gasteiger partial charge in [-0.25, -0.2) is 0 Å². The van der Waals surface area contributed by atoms with E-state index in [4.69, 9.17) is 23.7 Å². The second kappa shape index (κ2) is 14.1. The zero-order valence-corrected chi connectivity index (χ0v) is 24.4. The molecule has 0 unspecified atom stereocenters. The largest absolute Gasteiger partial charge is 0.493 e. The first-order valence-electron chi connectivity index (χ1n) is 14.6. The molecule has 7 heteroatoms. The van der Waals surface area contributed by atoms with Crippen molar-refractivity contribution >= 4 is 11.9 Å². The number of benzene rings is 2. The van der Waals surface area contributed by atoms with Crippen LogP contribution in [0, 0.1) is 12.3 Å². The molecule has 1 saturated heterocycles. The fourth-order valence-electron chi connectivity index (χ4n) is 5.85. The maximum atomic E-state index is 11.7. The summed E-state index contributed by atoms with van der Waals surface area (Å²) in [4.78, 5) is 23.0. The summed E-state index contributed by atoms with van der Waals surface area (Å²) in [6.07, 6.45) is 5.80. The lowest BCUT2D eigenvalue weighted by Gasteiger charge is -2.35. The number of hydrogen-bond donors (Lipinski definition) is 0. The topological polar surface area (TPSA) is 80.3 Å². The Labute approximate surface area is 238 Å². The first-order valence-corrected chi connectivity index (χ1v) is 14.6. The minimum absolute atomic E-state index is 0.138. The van der Waals surface area contributed by atoms with E-state index >= 15 is 0 Å². The lowest BCUT2D eigenvalue weighted by molar-refractivity contribution is -0.169. The van der Waals surface area contributed by atoms with Crippen LogP contribution < -0.4 is 4.74 Å². The van der Waals surface area contributed by atoms with E-state index in [9.17, 15) is 9.59 Å². The first-order chi connectivity index (χ1) is 19.2. The van der Waals surface area contributed by atoms with Crippen molar-refractivity contribution < 1.29 is 33.3 Å². The van der Waals surface area contributed by atoms with Gasteiger partial charge < -0.3 is 23.7 Å². The Balaban J connectivity index is 1.41. The molecule has 7 nitrogen and oxygen atoms in total. The van der Waals surface area contributed by atoms with Crippen molar-refractivity contribution in [2.45, 2.75) is 91.0 Å². The molecule has 0 bridgehead atoms. The van der Waals surface area contributed by atoms with E-state index in [1.807, 2.05) is 6.92 Å². The Morgan fingerprint density at radius 2 is 1.73 bits per heavy atom. The third-order valence-electron chi connectivity index (χ3n) is 8.05. The number of ether oxygens (including phenoxy) is 5. The summed E-state index contributed by atoms with van der Waals surface area (Å²) in [5.74, 6) is 0.219. The van der Waals surface area contributed by atoms with Crippen LogP contribution in [0.2, 0.25) is 0 Å². The van der Waals surface area contributed by atoms with Crippen LogP contribution in [-0.2, 0) is 35.0 Å². The second-order valence-corrected chi connectivity index (χ2v) is 11.4. The minimum atomic E-state index is -0.354. The van der Waals surface area contributed by atoms with Gasteiger partial charge >= 0.3 is 11.9 Å². The summed E-state index contributed by atoms with van der Waals surface area (Å²) in [5, 5.41) is 0. The SMILES string of the molecule is CCOCC1(COc2ccc(Cc3cc([C@H]4C[C@@H](OC(C)=O)C[C@@H](COC(C)=O)O4)ccc3C)cc2)CCCC1. The average molecular weight is 553 g/mol. The summed E-state index contributed by atoms with van der Waals surface area (Å²) >= 11 is 0. The predicted molar refractivity (Wildman–Crippen MR) is 152 cm³/mol. The van der Waals surface area contributed by atoms with Crippen molar-refractivity contribution in [2.24, 2.45) is 5.41 Å². The molecule has 0 amide bonds. The molecule has 0 N–H and O–H groups in total. The quantitative estimate of drug-likeness (QED) is 0.287. The molecular formula is C33H44O7. The smallest absolute Gasteiger partial charge is 0.302 e. The Morgan fingerprint density at radius 3 is 2.40 bits per heavy atom. The van der Waals surface area contributed by atoms with Crippen LogP contribution in [0.25, 0.3) is 0 Å². The maximum Gasteiger partial charge on any atom is 0.302 e. The van der Waals surface area contributed by atoms with Gasteiger partial charge in [0, 0.05) is 38.7 Å². The molecule has 0 spiro atoms. The van der Waals surface area contributed by atoms with Gasteiger partial charge in [0.25, 0.3) is 0 Å². The van der Waals surface area contributed by atoms with Gasteiger partial charge in [-0.3, -0.25) is 9.59 Å². The lowest BCUT2D eigenvalue weighted by atomic mass is 9.88. The number of carbonyl (C=O) groups is 2. The predicted octanol–water partition coefficient (Wildman–Crippen LogP) is 6.28. The van der Waals surface area contributed by atoms with E-state index in [0.717, 1.165) is 43.8 Å². The van der Waals surface area contributed by atoms with Gasteiger partial charge in [-0.1, -0.05) is 43.2 Å². The van der Waals surface area contributed by atoms with Gasteiger partial charge in [-0.05, 0) is 67.5 Å². The van der Waals surface area contributed by atoms with Gasteiger partial charge in [-0.15, -0.1) is 0 Å². The number of carbonyl (C=O) groups excluding carboxylic acids is 2. The molecule has 2 aliphatic rings. The van der Waals surface area contributed by atoms with E-state index in [-0.39, 0.29) is 42.3 Å². The van der Waals surface area contributed by atoms with Gasteiger partial charge in [0.2, 0.25) is 0 Å². The van der Waals surface area contributed by atoms with E-state index in [0.29, 0.717) is 19.4 Å². The third-order valence-corrected chi connectivity index (χ3v) is 8.05. The van der Waals surface area contributed by atoms with Crippen LogP contribution >= 0.6 is 0 Å². The highest BCUT2D eigenvalue weighted by molar-refractivity contribution is 5.66. The standard InChI is InChI=1S/C33H44O7/c1-5-36-21-33(14-6-7-15-33)22-38-29-12-9-26(10-13-29)16-28-17-27(11-8-23(28)2)32-19-30(39-25(4)35)18-31(40-32)20-37-24(3)34/h8-13,17,30-32H,5-7,14-16,18-22H2,1-4H3/t30-,31-,32+/m0/s1. The monoisotopic (exact) mass is 552 g/mol. The average Bonchev–Trinajstić information content (AvgIpc) is 3.40. The highest BCUT2D eigenvalue weighted by Gasteiger charge is 2.35. The third kappa shape index (κ3) is 8.55. The Hall–Kier alpha value is -2.90. The zero-order chi connectivity index (χ0) is 28.5. The van der Waals surface area contributed by atoms with Gasteiger partial charge in [0.1, 0.15) is 18.5 Å². The van der Waals surface area contributed by atoms with Crippen molar-refractivity contribution in [3.63, 3.8) is 0 Å². The molecule has 1 heterocycles. The molecule has 0 aromatic heterocycles. The summed E-state index contributed by atoms with van der Waals surface area (Å²) in [5.41, 5.74) is 4.78. The first kappa shape index (κ1) is 30.1. The summed E-state index contributed by atoms with van der Waals surface area (Å²) in [6.45, 7) is 9.31. The number of aryl methyl sites for hydroxylation is 1. The molecule has 1 aliphatic heterocycles. The van der Waals surface area contributed by atoms with Crippen molar-refractivity contribution in [1.82, 2.24) is 0 Å². The highest BCUT2D eigenvalue weighted by atomic mass is 16.6. The molecule has 0 radical (unpaired) electrons. The highest BCUT2D eigenvalue weighted by Crippen LogP contribution is 2.39. The van der Waals surface area contributed by atoms with Crippen LogP contribution in [0.3, 0.4) is 0 Å². The normalized spacial score (nSPS) is 22.1. The molecule has 2 aromatic rings. The Bertz CT molecular complexity index is 1120. The molecule has 2 fully saturated rings. The fraction of sp³-hybridized carbons (Fsp3) is 0.576. The number of rotatable bonds is 12. The summed E-state index contributed by atoms with van der Waals surface area (Å²) in [7, 11) is 0. The van der Waals surface area contributed by atoms with Crippen molar-refractivity contribution in [2.75, 3.05) is 26.4 Å². The van der Waals surface area contributed by atoms with Crippen LogP contribution in [-0.4, -0.2) is 50.6 Å². The Kier molecular flexibility index (Phi) is 10.6. The van der Waals surface area contributed by atoms with Gasteiger partial charge in [0.15, 0.2) is 0 Å². The van der Waals surface area contributed by atoms with E-state index in [1.165, 1.54) is 43.4 Å². The van der Waals surface area contributed by atoms with E-state index < -0.39 is 0 Å². The van der Waals surface area contributed by atoms with Crippen molar-refractivity contribution in [3.05, 3.63) is 64.7 Å². The summed E-state index contributed by atoms with van der Waals surface area (Å²) < 4.78 is 29.1. The van der Waals surface area contributed by atoms with Crippen LogP contribution in [0.1, 0.15) is 87.7 Å². The van der Waals surface area contributed by atoms with Crippen LogP contribution in [0.4, 0.5) is 0 Å². The van der Waals surface area contributed by atoms with Crippen LogP contribution in [0.15, 0.2) is 42.5 Å². The number of esters is 2. The lowest BCUT2D eigenvalue weighted by Crippen LogP contribution is -2.36. The van der Waals surface area contributed by atoms with Crippen molar-refractivity contribution in [3.8, 4) is 5.75 Å². The minimum Gasteiger partial charge on any atom is -0.493 e. The van der Waals surface area contributed by atoms with Crippen molar-refractivity contribution in [1.29, 1.82) is 0 Å². The van der Waals surface area contributed by atoms with E-state index in [1.54, 1.807) is 0 Å². The van der Waals surface area contributed by atoms with E-state index in [2.05, 4.69) is 49.4 Å². The maximum absolute atomic E-state index is 11.7. The molecular weight excluding hydrogens is 508 g/mol. The zero-order valence-electron chi connectivity index (χ0n) is 24.4. The molecule has 1 aliphatic carbocycles. The second-order valence-electron chi connectivity index (χ2n) is 11.4. The molecule has 2 aromatic carbocycles. The van der Waals surface area contributed by atoms with Gasteiger partial charge in [-0.2, -0.15) is 0 Å². The van der Waals surface area contributed by atoms with Gasteiger partial charge in [0.05, 0.1) is 25.4 Å².